The Labute approximate surface area is 96.9 Å². The van der Waals surface area contributed by atoms with Crippen LogP contribution in [0.1, 0.15) is 16.8 Å². The van der Waals surface area contributed by atoms with E-state index in [1.54, 1.807) is 18.2 Å². The Bertz CT molecular complexity index is 377. The van der Waals surface area contributed by atoms with Gasteiger partial charge >= 0.3 is 5.97 Å². The second-order valence-electron chi connectivity index (χ2n) is 3.00. The molecule has 0 radical (unpaired) electrons. The normalized spacial score (nSPS) is 9.67. The molecule has 3 nitrogen and oxygen atoms in total. The average molecular weight is 270 g/mol. The molecule has 0 aliphatic carbocycles. The lowest BCUT2D eigenvalue weighted by Gasteiger charge is -2.06. The van der Waals surface area contributed by atoms with E-state index in [0.717, 1.165) is 18.7 Å². The Morgan fingerprint density at radius 3 is 2.87 bits per heavy atom. The predicted molar refractivity (Wildman–Crippen MR) is 64.4 cm³/mol. The van der Waals surface area contributed by atoms with Gasteiger partial charge in [-0.15, -0.1) is 6.58 Å². The first kappa shape index (κ1) is 11.8. The van der Waals surface area contributed by atoms with Gasteiger partial charge in [0.25, 0.3) is 0 Å². The fourth-order valence-corrected chi connectivity index (χ4v) is 1.67. The van der Waals surface area contributed by atoms with Gasteiger partial charge in [0.2, 0.25) is 0 Å². The summed E-state index contributed by atoms with van der Waals surface area (Å²) in [6.45, 7) is 4.41. The van der Waals surface area contributed by atoms with E-state index in [-0.39, 0.29) is 5.56 Å². The van der Waals surface area contributed by atoms with Crippen molar-refractivity contribution in [1.29, 1.82) is 0 Å². The maximum atomic E-state index is 10.7. The molecule has 0 amide bonds. The number of halogens is 1. The minimum atomic E-state index is -0.931. The lowest BCUT2D eigenvalue weighted by atomic mass is 10.2. The van der Waals surface area contributed by atoms with Gasteiger partial charge in [0.05, 0.1) is 5.56 Å². The van der Waals surface area contributed by atoms with E-state index in [9.17, 15) is 4.79 Å². The van der Waals surface area contributed by atoms with E-state index in [2.05, 4.69) is 27.8 Å². The largest absolute Gasteiger partial charge is 0.478 e. The van der Waals surface area contributed by atoms with Gasteiger partial charge in [-0.1, -0.05) is 6.08 Å². The molecule has 0 spiro atoms. The molecule has 0 saturated carbocycles. The summed E-state index contributed by atoms with van der Waals surface area (Å²) in [5, 5.41) is 12.0. The molecule has 2 N–H and O–H groups in total. The van der Waals surface area contributed by atoms with Crippen LogP contribution in [0.4, 0.5) is 5.69 Å². The topological polar surface area (TPSA) is 49.3 Å². The molecule has 0 atom stereocenters. The minimum absolute atomic E-state index is 0.268. The van der Waals surface area contributed by atoms with Crippen molar-refractivity contribution in [3.05, 3.63) is 40.9 Å². The Hall–Kier alpha value is -1.29. The third-order valence-corrected chi connectivity index (χ3v) is 2.53. The molecule has 0 aliphatic rings. The van der Waals surface area contributed by atoms with E-state index in [0.29, 0.717) is 4.47 Å². The van der Waals surface area contributed by atoms with Crippen LogP contribution in [0.3, 0.4) is 0 Å². The molecule has 4 heteroatoms. The maximum Gasteiger partial charge on any atom is 0.336 e. The van der Waals surface area contributed by atoms with Crippen molar-refractivity contribution in [1.82, 2.24) is 0 Å². The van der Waals surface area contributed by atoms with Crippen LogP contribution in [0.25, 0.3) is 0 Å². The first-order valence-corrected chi connectivity index (χ1v) is 5.32. The van der Waals surface area contributed by atoms with Crippen LogP contribution in [0.5, 0.6) is 0 Å². The van der Waals surface area contributed by atoms with Crippen LogP contribution < -0.4 is 5.32 Å². The monoisotopic (exact) mass is 269 g/mol. The fraction of sp³-hybridized carbons (Fsp3) is 0.182. The standard InChI is InChI=1S/C11H12BrNO2/c1-2-3-6-13-8-4-5-9(11(14)15)10(12)7-8/h2,4-5,7,13H,1,3,6H2,(H,14,15). The summed E-state index contributed by atoms with van der Waals surface area (Å²) in [5.74, 6) is -0.931. The van der Waals surface area contributed by atoms with Gasteiger partial charge < -0.3 is 10.4 Å². The molecular formula is C11H12BrNO2. The smallest absolute Gasteiger partial charge is 0.336 e. The van der Waals surface area contributed by atoms with Gasteiger partial charge in [-0.05, 0) is 40.5 Å². The van der Waals surface area contributed by atoms with Crippen molar-refractivity contribution in [2.45, 2.75) is 6.42 Å². The second kappa shape index (κ2) is 5.56. The molecule has 0 saturated heterocycles. The van der Waals surface area contributed by atoms with Crippen molar-refractivity contribution in [2.24, 2.45) is 0 Å². The zero-order valence-electron chi connectivity index (χ0n) is 8.16. The quantitative estimate of drug-likeness (QED) is 0.638. The van der Waals surface area contributed by atoms with E-state index in [1.165, 1.54) is 0 Å². The van der Waals surface area contributed by atoms with E-state index < -0.39 is 5.97 Å². The number of carbonyl (C=O) groups is 1. The number of benzene rings is 1. The lowest BCUT2D eigenvalue weighted by molar-refractivity contribution is 0.0696. The maximum absolute atomic E-state index is 10.7. The van der Waals surface area contributed by atoms with Gasteiger partial charge in [-0.2, -0.15) is 0 Å². The molecule has 0 aliphatic heterocycles. The van der Waals surface area contributed by atoms with Gasteiger partial charge in [-0.25, -0.2) is 4.79 Å². The number of hydrogen-bond acceptors (Lipinski definition) is 2. The van der Waals surface area contributed by atoms with Crippen LogP contribution in [-0.4, -0.2) is 17.6 Å². The summed E-state index contributed by atoms with van der Waals surface area (Å²) in [6, 6.07) is 5.08. The molecule has 0 bridgehead atoms. The zero-order valence-corrected chi connectivity index (χ0v) is 9.75. The first-order valence-electron chi connectivity index (χ1n) is 4.52. The second-order valence-corrected chi connectivity index (χ2v) is 3.86. The predicted octanol–water partition coefficient (Wildman–Crippen LogP) is 3.14. The van der Waals surface area contributed by atoms with E-state index >= 15 is 0 Å². The minimum Gasteiger partial charge on any atom is -0.478 e. The number of rotatable bonds is 5. The Kier molecular flexibility index (Phi) is 4.37. The number of anilines is 1. The Morgan fingerprint density at radius 1 is 1.60 bits per heavy atom. The van der Waals surface area contributed by atoms with Gasteiger partial charge in [0, 0.05) is 16.7 Å². The molecule has 0 unspecified atom stereocenters. The van der Waals surface area contributed by atoms with Crippen molar-refractivity contribution >= 4 is 27.6 Å². The summed E-state index contributed by atoms with van der Waals surface area (Å²) in [4.78, 5) is 10.7. The highest BCUT2D eigenvalue weighted by Gasteiger charge is 2.07. The molecule has 1 aromatic carbocycles. The van der Waals surface area contributed by atoms with Crippen molar-refractivity contribution in [3.8, 4) is 0 Å². The summed E-state index contributed by atoms with van der Waals surface area (Å²) in [5.41, 5.74) is 1.16. The first-order chi connectivity index (χ1) is 7.15. The van der Waals surface area contributed by atoms with Crippen LogP contribution >= 0.6 is 15.9 Å². The van der Waals surface area contributed by atoms with Gasteiger partial charge in [0.15, 0.2) is 0 Å². The average Bonchev–Trinajstić information content (AvgIpc) is 2.17. The molecular weight excluding hydrogens is 258 g/mol. The number of nitrogens with one attached hydrogen (secondary N) is 1. The SMILES string of the molecule is C=CCCNc1ccc(C(=O)O)c(Br)c1. The van der Waals surface area contributed by atoms with Crippen molar-refractivity contribution in [3.63, 3.8) is 0 Å². The number of hydrogen-bond donors (Lipinski definition) is 2. The third-order valence-electron chi connectivity index (χ3n) is 1.88. The van der Waals surface area contributed by atoms with E-state index in [4.69, 9.17) is 5.11 Å². The summed E-state index contributed by atoms with van der Waals surface area (Å²) in [6.07, 6.45) is 2.70. The number of carboxylic acid groups (broad SMARTS) is 1. The molecule has 80 valence electrons. The molecule has 0 heterocycles. The zero-order chi connectivity index (χ0) is 11.3. The Balaban J connectivity index is 2.73. The number of aromatic carboxylic acids is 1. The summed E-state index contributed by atoms with van der Waals surface area (Å²) >= 11 is 3.22. The highest BCUT2D eigenvalue weighted by molar-refractivity contribution is 9.10. The molecule has 1 aromatic rings. The van der Waals surface area contributed by atoms with E-state index in [1.807, 2.05) is 6.08 Å². The summed E-state index contributed by atoms with van der Waals surface area (Å²) < 4.78 is 0.582. The van der Waals surface area contributed by atoms with Gasteiger partial charge in [0.1, 0.15) is 0 Å². The molecule has 15 heavy (non-hydrogen) atoms. The van der Waals surface area contributed by atoms with Gasteiger partial charge in [-0.3, -0.25) is 0 Å². The molecule has 0 fully saturated rings. The molecule has 1 rings (SSSR count). The number of carboxylic acids is 1. The molecule has 0 aromatic heterocycles. The highest BCUT2D eigenvalue weighted by Crippen LogP contribution is 2.21. The summed E-state index contributed by atoms with van der Waals surface area (Å²) in [7, 11) is 0. The third kappa shape index (κ3) is 3.40. The van der Waals surface area contributed by atoms with Crippen LogP contribution in [0.2, 0.25) is 0 Å². The van der Waals surface area contributed by atoms with Crippen LogP contribution in [-0.2, 0) is 0 Å². The Morgan fingerprint density at radius 2 is 2.33 bits per heavy atom. The van der Waals surface area contributed by atoms with Crippen molar-refractivity contribution in [2.75, 3.05) is 11.9 Å². The van der Waals surface area contributed by atoms with Crippen molar-refractivity contribution < 1.29 is 9.90 Å². The lowest BCUT2D eigenvalue weighted by Crippen LogP contribution is -2.02. The van der Waals surface area contributed by atoms with Crippen LogP contribution in [0.15, 0.2) is 35.3 Å². The highest BCUT2D eigenvalue weighted by atomic mass is 79.9. The fourth-order valence-electron chi connectivity index (χ4n) is 1.12. The van der Waals surface area contributed by atoms with Crippen LogP contribution in [0, 0.1) is 0 Å².